The number of nitrogens with zero attached hydrogens (tertiary/aromatic N) is 1. The zero-order valence-electron chi connectivity index (χ0n) is 12.5. The number of halogens is 1. The van der Waals surface area contributed by atoms with Crippen LogP contribution in [0, 0.1) is 5.92 Å². The molecule has 1 saturated heterocycles. The van der Waals surface area contributed by atoms with E-state index in [1.165, 1.54) is 16.7 Å². The van der Waals surface area contributed by atoms with Crippen LogP contribution in [0.1, 0.15) is 12.0 Å². The van der Waals surface area contributed by atoms with Crippen LogP contribution in [-0.2, 0) is 11.2 Å². The molecule has 0 saturated carbocycles. The quantitative estimate of drug-likeness (QED) is 0.765. The van der Waals surface area contributed by atoms with Gasteiger partial charge in [-0.3, -0.25) is 4.79 Å². The standard InChI is InChI=1S/C19H20ClNO/c20-13-16-12-19(22)21(14-16)11-10-15-6-8-18(9-7-15)17-4-2-1-3-5-17/h1-9,16H,10-14H2. The highest BCUT2D eigenvalue weighted by Gasteiger charge is 2.28. The molecule has 0 radical (unpaired) electrons. The predicted molar refractivity (Wildman–Crippen MR) is 91.0 cm³/mol. The molecule has 1 aliphatic heterocycles. The SMILES string of the molecule is O=C1CC(CCl)CN1CCc1ccc(-c2ccccc2)cc1. The highest BCUT2D eigenvalue weighted by molar-refractivity contribution is 6.18. The summed E-state index contributed by atoms with van der Waals surface area (Å²) in [7, 11) is 0. The van der Waals surface area contributed by atoms with E-state index in [0.717, 1.165) is 19.5 Å². The lowest BCUT2D eigenvalue weighted by molar-refractivity contribution is -0.127. The zero-order chi connectivity index (χ0) is 15.4. The topological polar surface area (TPSA) is 20.3 Å². The number of hydrogen-bond donors (Lipinski definition) is 0. The Morgan fingerprint density at radius 2 is 1.68 bits per heavy atom. The summed E-state index contributed by atoms with van der Waals surface area (Å²) in [5.41, 5.74) is 3.72. The average Bonchev–Trinajstić information content (AvgIpc) is 2.94. The lowest BCUT2D eigenvalue weighted by Gasteiger charge is -2.16. The van der Waals surface area contributed by atoms with Crippen LogP contribution in [0.4, 0.5) is 0 Å². The summed E-state index contributed by atoms with van der Waals surface area (Å²) in [4.78, 5) is 13.8. The molecule has 0 aliphatic carbocycles. The minimum absolute atomic E-state index is 0.242. The Balaban J connectivity index is 1.59. The van der Waals surface area contributed by atoms with Gasteiger partial charge in [0, 0.05) is 25.4 Å². The number of benzene rings is 2. The van der Waals surface area contributed by atoms with Crippen molar-refractivity contribution in [3.8, 4) is 11.1 Å². The first kappa shape index (κ1) is 15.1. The molecule has 22 heavy (non-hydrogen) atoms. The fraction of sp³-hybridized carbons (Fsp3) is 0.316. The van der Waals surface area contributed by atoms with Crippen LogP contribution >= 0.6 is 11.6 Å². The van der Waals surface area contributed by atoms with Crippen molar-refractivity contribution < 1.29 is 4.79 Å². The van der Waals surface area contributed by atoms with Gasteiger partial charge in [-0.05, 0) is 29.0 Å². The van der Waals surface area contributed by atoms with Gasteiger partial charge in [0.15, 0.2) is 0 Å². The summed E-state index contributed by atoms with van der Waals surface area (Å²) in [6.45, 7) is 1.60. The molecule has 0 bridgehead atoms. The van der Waals surface area contributed by atoms with Crippen LogP contribution < -0.4 is 0 Å². The predicted octanol–water partition coefficient (Wildman–Crippen LogP) is 3.98. The van der Waals surface area contributed by atoms with Gasteiger partial charge in [0.05, 0.1) is 0 Å². The van der Waals surface area contributed by atoms with Crippen LogP contribution in [-0.4, -0.2) is 29.8 Å². The third kappa shape index (κ3) is 3.50. The maximum atomic E-state index is 11.9. The first-order valence-corrected chi connectivity index (χ1v) is 8.28. The Labute approximate surface area is 136 Å². The molecule has 1 heterocycles. The second kappa shape index (κ2) is 6.97. The van der Waals surface area contributed by atoms with Crippen molar-refractivity contribution in [2.45, 2.75) is 12.8 Å². The van der Waals surface area contributed by atoms with Crippen LogP contribution in [0.25, 0.3) is 11.1 Å². The Hall–Kier alpha value is -1.80. The Kier molecular flexibility index (Phi) is 4.79. The van der Waals surface area contributed by atoms with Crippen molar-refractivity contribution in [3.63, 3.8) is 0 Å². The van der Waals surface area contributed by atoms with Crippen molar-refractivity contribution in [1.29, 1.82) is 0 Å². The third-order valence-electron chi connectivity index (χ3n) is 4.24. The monoisotopic (exact) mass is 313 g/mol. The summed E-state index contributed by atoms with van der Waals surface area (Å²) >= 11 is 5.85. The summed E-state index contributed by atoms with van der Waals surface area (Å²) in [6, 6.07) is 19.0. The lowest BCUT2D eigenvalue weighted by Crippen LogP contribution is -2.27. The van der Waals surface area contributed by atoms with Crippen molar-refractivity contribution in [2.24, 2.45) is 5.92 Å². The first-order valence-electron chi connectivity index (χ1n) is 7.74. The molecule has 1 amide bonds. The van der Waals surface area contributed by atoms with Gasteiger partial charge in [0.1, 0.15) is 0 Å². The van der Waals surface area contributed by atoms with E-state index in [1.807, 2.05) is 11.0 Å². The largest absolute Gasteiger partial charge is 0.342 e. The van der Waals surface area contributed by atoms with Gasteiger partial charge in [-0.2, -0.15) is 0 Å². The van der Waals surface area contributed by atoms with Gasteiger partial charge >= 0.3 is 0 Å². The molecule has 2 aromatic carbocycles. The maximum Gasteiger partial charge on any atom is 0.222 e. The van der Waals surface area contributed by atoms with Crippen LogP contribution in [0.15, 0.2) is 54.6 Å². The molecule has 3 heteroatoms. The van der Waals surface area contributed by atoms with Gasteiger partial charge in [0.25, 0.3) is 0 Å². The summed E-state index contributed by atoms with van der Waals surface area (Å²) in [6.07, 6.45) is 1.51. The van der Waals surface area contributed by atoms with Gasteiger partial charge in [-0.15, -0.1) is 11.6 Å². The number of hydrogen-bond acceptors (Lipinski definition) is 1. The maximum absolute atomic E-state index is 11.9. The number of alkyl halides is 1. The second-order valence-corrected chi connectivity index (χ2v) is 6.19. The van der Waals surface area contributed by atoms with Crippen molar-refractivity contribution in [3.05, 3.63) is 60.2 Å². The molecular formula is C19H20ClNO. The molecule has 1 atom stereocenters. The van der Waals surface area contributed by atoms with E-state index < -0.39 is 0 Å². The number of likely N-dealkylation sites (tertiary alicyclic amines) is 1. The fourth-order valence-electron chi connectivity index (χ4n) is 2.93. The number of carbonyl (C=O) groups excluding carboxylic acids is 1. The summed E-state index contributed by atoms with van der Waals surface area (Å²) in [5.74, 6) is 1.15. The van der Waals surface area contributed by atoms with Crippen LogP contribution in [0.3, 0.4) is 0 Å². The smallest absolute Gasteiger partial charge is 0.222 e. The van der Waals surface area contributed by atoms with E-state index in [-0.39, 0.29) is 5.91 Å². The molecule has 3 rings (SSSR count). The minimum Gasteiger partial charge on any atom is -0.342 e. The van der Waals surface area contributed by atoms with Crippen molar-refractivity contribution in [1.82, 2.24) is 4.90 Å². The van der Waals surface area contributed by atoms with E-state index in [4.69, 9.17) is 11.6 Å². The Bertz CT molecular complexity index is 624. The molecule has 1 unspecified atom stereocenters. The highest BCUT2D eigenvalue weighted by Crippen LogP contribution is 2.21. The Morgan fingerprint density at radius 1 is 1.00 bits per heavy atom. The van der Waals surface area contributed by atoms with E-state index >= 15 is 0 Å². The van der Waals surface area contributed by atoms with Gasteiger partial charge < -0.3 is 4.90 Å². The zero-order valence-corrected chi connectivity index (χ0v) is 13.3. The molecule has 1 fully saturated rings. The van der Waals surface area contributed by atoms with Gasteiger partial charge in [0.2, 0.25) is 5.91 Å². The van der Waals surface area contributed by atoms with Crippen molar-refractivity contribution in [2.75, 3.05) is 19.0 Å². The average molecular weight is 314 g/mol. The summed E-state index contributed by atoms with van der Waals surface area (Å²) in [5, 5.41) is 0. The third-order valence-corrected chi connectivity index (χ3v) is 4.68. The first-order chi connectivity index (χ1) is 10.8. The van der Waals surface area contributed by atoms with E-state index in [0.29, 0.717) is 18.2 Å². The number of rotatable bonds is 5. The van der Waals surface area contributed by atoms with E-state index in [2.05, 4.69) is 48.5 Å². The van der Waals surface area contributed by atoms with Crippen molar-refractivity contribution >= 4 is 17.5 Å². The highest BCUT2D eigenvalue weighted by atomic mass is 35.5. The number of carbonyl (C=O) groups is 1. The van der Waals surface area contributed by atoms with Gasteiger partial charge in [-0.1, -0.05) is 54.6 Å². The molecule has 2 nitrogen and oxygen atoms in total. The lowest BCUT2D eigenvalue weighted by atomic mass is 10.0. The molecule has 2 aromatic rings. The molecule has 114 valence electrons. The van der Waals surface area contributed by atoms with Crippen LogP contribution in [0.5, 0.6) is 0 Å². The van der Waals surface area contributed by atoms with Crippen LogP contribution in [0.2, 0.25) is 0 Å². The molecule has 1 aliphatic rings. The summed E-state index contributed by atoms with van der Waals surface area (Å²) < 4.78 is 0. The molecule has 0 spiro atoms. The van der Waals surface area contributed by atoms with E-state index in [9.17, 15) is 4.79 Å². The molecule has 0 N–H and O–H groups in total. The Morgan fingerprint density at radius 3 is 2.32 bits per heavy atom. The van der Waals surface area contributed by atoms with E-state index in [1.54, 1.807) is 0 Å². The number of amides is 1. The molecule has 0 aromatic heterocycles. The normalized spacial score (nSPS) is 18.0. The minimum atomic E-state index is 0.242. The molecular weight excluding hydrogens is 294 g/mol. The van der Waals surface area contributed by atoms with Gasteiger partial charge in [-0.25, -0.2) is 0 Å². The fourth-order valence-corrected chi connectivity index (χ4v) is 3.14. The second-order valence-electron chi connectivity index (χ2n) is 5.88.